The van der Waals surface area contributed by atoms with Crippen molar-refractivity contribution in [2.45, 2.75) is 40.0 Å². The Morgan fingerprint density at radius 1 is 1.32 bits per heavy atom. The third kappa shape index (κ3) is 2.86. The van der Waals surface area contributed by atoms with Crippen molar-refractivity contribution in [1.29, 1.82) is 0 Å². The van der Waals surface area contributed by atoms with Crippen molar-refractivity contribution in [1.82, 2.24) is 10.1 Å². The number of hydrogen-bond donors (Lipinski definition) is 2. The van der Waals surface area contributed by atoms with E-state index in [1.54, 1.807) is 6.07 Å². The number of carbonyl (C=O) groups excluding carboxylic acids is 1. The van der Waals surface area contributed by atoms with E-state index in [2.05, 4.69) is 15.5 Å². The Labute approximate surface area is 112 Å². The third-order valence-electron chi connectivity index (χ3n) is 2.89. The standard InChI is InChI=1S/C14H19N3O2/c1-8-6-10(9(2)15-8)13(18)16-12-7-11(19-17-12)14(3,4)5/h6-7,15H,1-5H3,(H,16,17,18). The monoisotopic (exact) mass is 261 g/mol. The molecule has 2 aromatic heterocycles. The van der Waals surface area contributed by atoms with Gasteiger partial charge >= 0.3 is 0 Å². The minimum Gasteiger partial charge on any atom is -0.362 e. The number of hydrogen-bond acceptors (Lipinski definition) is 3. The summed E-state index contributed by atoms with van der Waals surface area (Å²) in [4.78, 5) is 15.2. The molecule has 0 bridgehead atoms. The SMILES string of the molecule is Cc1cc(C(=O)Nc2cc(C(C)(C)C)on2)c(C)[nH]1. The Morgan fingerprint density at radius 3 is 2.47 bits per heavy atom. The second-order valence-corrected chi connectivity index (χ2v) is 5.77. The maximum atomic E-state index is 12.1. The molecule has 5 nitrogen and oxygen atoms in total. The van der Waals surface area contributed by atoms with Gasteiger partial charge in [0.05, 0.1) is 5.56 Å². The van der Waals surface area contributed by atoms with Gasteiger partial charge in [0.25, 0.3) is 5.91 Å². The van der Waals surface area contributed by atoms with Crippen LogP contribution in [0.25, 0.3) is 0 Å². The first-order valence-electron chi connectivity index (χ1n) is 6.22. The Bertz CT molecular complexity index is 602. The predicted molar refractivity (Wildman–Crippen MR) is 73.4 cm³/mol. The smallest absolute Gasteiger partial charge is 0.258 e. The Kier molecular flexibility index (Phi) is 3.22. The number of aromatic nitrogens is 2. The number of nitrogens with zero attached hydrogens (tertiary/aromatic N) is 1. The first-order valence-corrected chi connectivity index (χ1v) is 6.22. The lowest BCUT2D eigenvalue weighted by molar-refractivity contribution is 0.102. The molecule has 0 fully saturated rings. The van der Waals surface area contributed by atoms with Crippen molar-refractivity contribution in [2.75, 3.05) is 5.32 Å². The summed E-state index contributed by atoms with van der Waals surface area (Å²) in [6.45, 7) is 9.86. The molecule has 0 atom stereocenters. The number of anilines is 1. The van der Waals surface area contributed by atoms with E-state index in [0.29, 0.717) is 11.4 Å². The second kappa shape index (κ2) is 4.57. The van der Waals surface area contributed by atoms with E-state index in [4.69, 9.17) is 4.52 Å². The molecule has 2 aromatic rings. The molecule has 1 amide bonds. The molecule has 0 saturated heterocycles. The summed E-state index contributed by atoms with van der Waals surface area (Å²) >= 11 is 0. The first-order chi connectivity index (χ1) is 8.77. The second-order valence-electron chi connectivity index (χ2n) is 5.77. The minimum absolute atomic E-state index is 0.128. The zero-order valence-electron chi connectivity index (χ0n) is 11.9. The topological polar surface area (TPSA) is 70.9 Å². The molecule has 2 N–H and O–H groups in total. The van der Waals surface area contributed by atoms with Crippen LogP contribution in [0.5, 0.6) is 0 Å². The average molecular weight is 261 g/mol. The van der Waals surface area contributed by atoms with Crippen molar-refractivity contribution in [3.05, 3.63) is 34.8 Å². The van der Waals surface area contributed by atoms with Gasteiger partial charge in [-0.2, -0.15) is 0 Å². The molecule has 0 saturated carbocycles. The molecule has 0 aromatic carbocycles. The highest BCUT2D eigenvalue weighted by molar-refractivity contribution is 6.04. The summed E-state index contributed by atoms with van der Waals surface area (Å²) in [5, 5.41) is 6.61. The van der Waals surface area contributed by atoms with Crippen molar-refractivity contribution in [2.24, 2.45) is 0 Å². The zero-order chi connectivity index (χ0) is 14.2. The quantitative estimate of drug-likeness (QED) is 0.872. The molecule has 0 aliphatic rings. The van der Waals surface area contributed by atoms with Crippen LogP contribution < -0.4 is 5.32 Å². The van der Waals surface area contributed by atoms with Gasteiger partial charge in [0.1, 0.15) is 5.76 Å². The lowest BCUT2D eigenvalue weighted by Crippen LogP contribution is -2.13. The van der Waals surface area contributed by atoms with Crippen LogP contribution in [0, 0.1) is 13.8 Å². The van der Waals surface area contributed by atoms with Crippen LogP contribution in [0.4, 0.5) is 5.82 Å². The van der Waals surface area contributed by atoms with Crippen molar-refractivity contribution < 1.29 is 9.32 Å². The molecular weight excluding hydrogens is 242 g/mol. The Hall–Kier alpha value is -2.04. The number of nitrogens with one attached hydrogen (secondary N) is 2. The molecule has 0 radical (unpaired) electrons. The number of rotatable bonds is 2. The van der Waals surface area contributed by atoms with Crippen LogP contribution in [0.3, 0.4) is 0 Å². The molecule has 2 rings (SSSR count). The lowest BCUT2D eigenvalue weighted by Gasteiger charge is -2.11. The Morgan fingerprint density at radius 2 is 2.00 bits per heavy atom. The fourth-order valence-electron chi connectivity index (χ4n) is 1.83. The summed E-state index contributed by atoms with van der Waals surface area (Å²) in [5.41, 5.74) is 2.29. The van der Waals surface area contributed by atoms with E-state index in [-0.39, 0.29) is 11.3 Å². The summed E-state index contributed by atoms with van der Waals surface area (Å²) in [6, 6.07) is 3.57. The van der Waals surface area contributed by atoms with Gasteiger partial charge in [-0.25, -0.2) is 0 Å². The minimum atomic E-state index is -0.185. The van der Waals surface area contributed by atoms with Gasteiger partial charge in [0.2, 0.25) is 0 Å². The molecule has 2 heterocycles. The van der Waals surface area contributed by atoms with Crippen molar-refractivity contribution >= 4 is 11.7 Å². The molecule has 19 heavy (non-hydrogen) atoms. The number of amides is 1. The van der Waals surface area contributed by atoms with Gasteiger partial charge in [-0.05, 0) is 19.9 Å². The number of aryl methyl sites for hydroxylation is 2. The van der Waals surface area contributed by atoms with Crippen LogP contribution in [0.1, 0.15) is 48.3 Å². The maximum Gasteiger partial charge on any atom is 0.258 e. The van der Waals surface area contributed by atoms with E-state index in [0.717, 1.165) is 17.1 Å². The van der Waals surface area contributed by atoms with Crippen LogP contribution in [-0.4, -0.2) is 16.0 Å². The molecule has 0 unspecified atom stereocenters. The first kappa shape index (κ1) is 13.4. The average Bonchev–Trinajstić information content (AvgIpc) is 2.84. The summed E-state index contributed by atoms with van der Waals surface area (Å²) in [6.07, 6.45) is 0. The fraction of sp³-hybridized carbons (Fsp3) is 0.429. The summed E-state index contributed by atoms with van der Waals surface area (Å²) in [5.74, 6) is 0.994. The molecule has 0 aliphatic heterocycles. The predicted octanol–water partition coefficient (Wildman–Crippen LogP) is 3.17. The van der Waals surface area contributed by atoms with Crippen LogP contribution >= 0.6 is 0 Å². The zero-order valence-corrected chi connectivity index (χ0v) is 11.9. The molecule has 102 valence electrons. The van der Waals surface area contributed by atoms with Gasteiger partial charge in [-0.15, -0.1) is 0 Å². The van der Waals surface area contributed by atoms with E-state index >= 15 is 0 Å². The van der Waals surface area contributed by atoms with Crippen LogP contribution in [-0.2, 0) is 5.41 Å². The highest BCUT2D eigenvalue weighted by atomic mass is 16.5. The van der Waals surface area contributed by atoms with E-state index in [9.17, 15) is 4.79 Å². The normalized spacial score (nSPS) is 11.6. The molecule has 0 spiro atoms. The maximum absolute atomic E-state index is 12.1. The summed E-state index contributed by atoms with van der Waals surface area (Å²) in [7, 11) is 0. The van der Waals surface area contributed by atoms with Crippen LogP contribution in [0.15, 0.2) is 16.7 Å². The highest BCUT2D eigenvalue weighted by Gasteiger charge is 2.21. The van der Waals surface area contributed by atoms with Gasteiger partial charge in [0.15, 0.2) is 5.82 Å². The third-order valence-corrected chi connectivity index (χ3v) is 2.89. The lowest BCUT2D eigenvalue weighted by atomic mass is 9.93. The molecule has 0 aliphatic carbocycles. The van der Waals surface area contributed by atoms with Gasteiger partial charge in [-0.3, -0.25) is 4.79 Å². The van der Waals surface area contributed by atoms with Crippen molar-refractivity contribution in [3.63, 3.8) is 0 Å². The van der Waals surface area contributed by atoms with Gasteiger partial charge in [0, 0.05) is 22.9 Å². The largest absolute Gasteiger partial charge is 0.362 e. The Balaban J connectivity index is 2.16. The number of H-pyrrole nitrogens is 1. The van der Waals surface area contributed by atoms with Gasteiger partial charge in [-0.1, -0.05) is 25.9 Å². The highest BCUT2D eigenvalue weighted by Crippen LogP contribution is 2.24. The molecule has 5 heteroatoms. The number of aromatic amines is 1. The van der Waals surface area contributed by atoms with Crippen LogP contribution in [0.2, 0.25) is 0 Å². The fourth-order valence-corrected chi connectivity index (χ4v) is 1.83. The van der Waals surface area contributed by atoms with Gasteiger partial charge < -0.3 is 14.8 Å². The van der Waals surface area contributed by atoms with E-state index < -0.39 is 0 Å². The van der Waals surface area contributed by atoms with E-state index in [1.165, 1.54) is 0 Å². The van der Waals surface area contributed by atoms with E-state index in [1.807, 2.05) is 40.7 Å². The molecular formula is C14H19N3O2. The van der Waals surface area contributed by atoms with Crippen molar-refractivity contribution in [3.8, 4) is 0 Å². The summed E-state index contributed by atoms with van der Waals surface area (Å²) < 4.78 is 5.23. The number of carbonyl (C=O) groups is 1.